The van der Waals surface area contributed by atoms with Crippen LogP contribution in [-0.4, -0.2) is 54.1 Å². The van der Waals surface area contributed by atoms with E-state index >= 15 is 0 Å². The van der Waals surface area contributed by atoms with Crippen LogP contribution in [0.5, 0.6) is 5.75 Å². The number of carbonyl (C=O) groups excluding carboxylic acids is 2. The predicted octanol–water partition coefficient (Wildman–Crippen LogP) is 4.01. The molecule has 0 unspecified atom stereocenters. The summed E-state index contributed by atoms with van der Waals surface area (Å²) in [5.74, 6) is 0.826. The fraction of sp³-hybridized carbons (Fsp3) is 0.636. The van der Waals surface area contributed by atoms with Gasteiger partial charge in [-0.25, -0.2) is 4.79 Å². The van der Waals surface area contributed by atoms with Crippen molar-refractivity contribution in [2.75, 3.05) is 26.7 Å². The number of piperidine rings is 1. The van der Waals surface area contributed by atoms with Crippen LogP contribution in [-0.2, 0) is 9.53 Å². The second kappa shape index (κ2) is 8.41. The van der Waals surface area contributed by atoms with Crippen molar-refractivity contribution in [3.63, 3.8) is 0 Å². The van der Waals surface area contributed by atoms with Gasteiger partial charge in [0.1, 0.15) is 11.4 Å². The van der Waals surface area contributed by atoms with E-state index in [0.717, 1.165) is 43.5 Å². The van der Waals surface area contributed by atoms with Crippen molar-refractivity contribution in [2.45, 2.75) is 58.1 Å². The lowest BCUT2D eigenvalue weighted by Gasteiger charge is -2.36. The van der Waals surface area contributed by atoms with E-state index in [2.05, 4.69) is 0 Å². The first-order chi connectivity index (χ1) is 13.3. The summed E-state index contributed by atoms with van der Waals surface area (Å²) in [5, 5.41) is 0. The van der Waals surface area contributed by atoms with Crippen LogP contribution in [0.2, 0.25) is 0 Å². The number of likely N-dealkylation sites (tertiary alicyclic amines) is 2. The van der Waals surface area contributed by atoms with Crippen LogP contribution >= 0.6 is 0 Å². The predicted molar refractivity (Wildman–Crippen MR) is 107 cm³/mol. The Morgan fingerprint density at radius 1 is 1.04 bits per heavy atom. The summed E-state index contributed by atoms with van der Waals surface area (Å²) in [7, 11) is 1.65. The molecule has 2 atom stereocenters. The molecule has 2 heterocycles. The van der Waals surface area contributed by atoms with Crippen molar-refractivity contribution in [3.8, 4) is 5.75 Å². The highest BCUT2D eigenvalue weighted by molar-refractivity contribution is 5.81. The first-order valence-electron chi connectivity index (χ1n) is 10.2. The first-order valence-corrected chi connectivity index (χ1v) is 10.2. The molecule has 6 heteroatoms. The van der Waals surface area contributed by atoms with Gasteiger partial charge in [-0.1, -0.05) is 12.1 Å². The summed E-state index contributed by atoms with van der Waals surface area (Å²) in [6, 6.07) is 8.09. The van der Waals surface area contributed by atoms with Crippen molar-refractivity contribution in [1.82, 2.24) is 9.80 Å². The molecule has 2 aliphatic heterocycles. The van der Waals surface area contributed by atoms with Crippen LogP contribution in [0.4, 0.5) is 4.79 Å². The number of ether oxygens (including phenoxy) is 2. The SMILES string of the molecule is COc1ccc([C@@H]2CCCN2C(=O)[C@@H]2CCCN(C(=O)OC(C)(C)C)C2)cc1. The van der Waals surface area contributed by atoms with Crippen molar-refractivity contribution in [1.29, 1.82) is 0 Å². The molecule has 2 aliphatic rings. The van der Waals surface area contributed by atoms with E-state index in [9.17, 15) is 9.59 Å². The van der Waals surface area contributed by atoms with Gasteiger partial charge in [-0.05, 0) is 64.2 Å². The van der Waals surface area contributed by atoms with Crippen molar-refractivity contribution in [3.05, 3.63) is 29.8 Å². The van der Waals surface area contributed by atoms with Gasteiger partial charge in [-0.15, -0.1) is 0 Å². The normalized spacial score (nSPS) is 22.9. The van der Waals surface area contributed by atoms with Crippen LogP contribution in [0.1, 0.15) is 58.1 Å². The molecule has 28 heavy (non-hydrogen) atoms. The third-order valence-electron chi connectivity index (χ3n) is 5.46. The molecule has 1 aromatic carbocycles. The van der Waals surface area contributed by atoms with Gasteiger partial charge in [0.15, 0.2) is 0 Å². The maximum absolute atomic E-state index is 13.3. The number of hydrogen-bond acceptors (Lipinski definition) is 4. The minimum absolute atomic E-state index is 0.107. The second-order valence-electron chi connectivity index (χ2n) is 8.73. The summed E-state index contributed by atoms with van der Waals surface area (Å²) in [6.45, 7) is 7.46. The van der Waals surface area contributed by atoms with Gasteiger partial charge >= 0.3 is 6.09 Å². The van der Waals surface area contributed by atoms with E-state index in [1.54, 1.807) is 12.0 Å². The Morgan fingerprint density at radius 2 is 1.71 bits per heavy atom. The Labute approximate surface area is 167 Å². The molecule has 3 rings (SSSR count). The minimum atomic E-state index is -0.525. The Kier molecular flexibility index (Phi) is 6.16. The Balaban J connectivity index is 1.67. The lowest BCUT2D eigenvalue weighted by molar-refractivity contribution is -0.138. The van der Waals surface area contributed by atoms with Crippen LogP contribution in [0.25, 0.3) is 0 Å². The van der Waals surface area contributed by atoms with Crippen LogP contribution in [0.3, 0.4) is 0 Å². The minimum Gasteiger partial charge on any atom is -0.497 e. The number of methoxy groups -OCH3 is 1. The molecule has 2 saturated heterocycles. The molecule has 0 aliphatic carbocycles. The number of rotatable bonds is 3. The fourth-order valence-corrected chi connectivity index (χ4v) is 4.11. The Hall–Kier alpha value is -2.24. The molecular weight excluding hydrogens is 356 g/mol. The highest BCUT2D eigenvalue weighted by Gasteiger charge is 2.37. The third kappa shape index (κ3) is 4.78. The van der Waals surface area contributed by atoms with E-state index in [1.165, 1.54) is 0 Å². The zero-order valence-corrected chi connectivity index (χ0v) is 17.4. The third-order valence-corrected chi connectivity index (χ3v) is 5.46. The summed E-state index contributed by atoms with van der Waals surface area (Å²) in [5.41, 5.74) is 0.620. The summed E-state index contributed by atoms with van der Waals surface area (Å²) < 4.78 is 10.7. The van der Waals surface area contributed by atoms with E-state index in [-0.39, 0.29) is 24.0 Å². The zero-order chi connectivity index (χ0) is 20.3. The number of hydrogen-bond donors (Lipinski definition) is 0. The van der Waals surface area contributed by atoms with E-state index in [4.69, 9.17) is 9.47 Å². The van der Waals surface area contributed by atoms with Gasteiger partial charge in [0.05, 0.1) is 19.1 Å². The van der Waals surface area contributed by atoms with Crippen LogP contribution in [0.15, 0.2) is 24.3 Å². The van der Waals surface area contributed by atoms with Gasteiger partial charge in [0, 0.05) is 19.6 Å². The number of carbonyl (C=O) groups is 2. The number of benzene rings is 1. The Bertz CT molecular complexity index is 695. The molecule has 2 amide bonds. The van der Waals surface area contributed by atoms with Crippen LogP contribution in [0, 0.1) is 5.92 Å². The standard InChI is InChI=1S/C22H32N2O4/c1-22(2,3)28-21(26)23-13-5-7-17(15-23)20(25)24-14-6-8-19(24)16-9-11-18(27-4)12-10-16/h9-12,17,19H,5-8,13-15H2,1-4H3/t17-,19+/m1/s1. The van der Waals surface area contributed by atoms with Gasteiger partial charge < -0.3 is 19.3 Å². The molecular formula is C22H32N2O4. The zero-order valence-electron chi connectivity index (χ0n) is 17.4. The molecule has 0 aromatic heterocycles. The number of amides is 2. The van der Waals surface area contributed by atoms with Crippen molar-refractivity contribution in [2.24, 2.45) is 5.92 Å². The Morgan fingerprint density at radius 3 is 2.36 bits per heavy atom. The summed E-state index contributed by atoms with van der Waals surface area (Å²) >= 11 is 0. The molecule has 0 N–H and O–H groups in total. The largest absolute Gasteiger partial charge is 0.497 e. The highest BCUT2D eigenvalue weighted by Crippen LogP contribution is 2.35. The first kappa shape index (κ1) is 20.5. The molecule has 0 spiro atoms. The lowest BCUT2D eigenvalue weighted by Crippen LogP contribution is -2.47. The maximum Gasteiger partial charge on any atom is 0.410 e. The molecule has 0 saturated carbocycles. The second-order valence-corrected chi connectivity index (χ2v) is 8.73. The van der Waals surface area contributed by atoms with Crippen molar-refractivity contribution < 1.29 is 19.1 Å². The lowest BCUT2D eigenvalue weighted by atomic mass is 9.95. The van der Waals surface area contributed by atoms with E-state index in [0.29, 0.717) is 13.1 Å². The number of nitrogens with zero attached hydrogens (tertiary/aromatic N) is 2. The van der Waals surface area contributed by atoms with E-state index < -0.39 is 5.60 Å². The monoisotopic (exact) mass is 388 g/mol. The maximum atomic E-state index is 13.3. The fourth-order valence-electron chi connectivity index (χ4n) is 4.11. The summed E-state index contributed by atoms with van der Waals surface area (Å²) in [6.07, 6.45) is 3.31. The molecule has 2 fully saturated rings. The average Bonchev–Trinajstić information content (AvgIpc) is 3.16. The van der Waals surface area contributed by atoms with Gasteiger partial charge in [-0.3, -0.25) is 4.79 Å². The van der Waals surface area contributed by atoms with Gasteiger partial charge in [0.25, 0.3) is 0 Å². The smallest absolute Gasteiger partial charge is 0.410 e. The quantitative estimate of drug-likeness (QED) is 0.785. The molecule has 6 nitrogen and oxygen atoms in total. The highest BCUT2D eigenvalue weighted by atomic mass is 16.6. The molecule has 0 radical (unpaired) electrons. The average molecular weight is 389 g/mol. The molecule has 1 aromatic rings. The van der Waals surface area contributed by atoms with Crippen LogP contribution < -0.4 is 4.74 Å². The topological polar surface area (TPSA) is 59.1 Å². The summed E-state index contributed by atoms with van der Waals surface area (Å²) in [4.78, 5) is 29.4. The molecule has 154 valence electrons. The van der Waals surface area contributed by atoms with E-state index in [1.807, 2.05) is 49.9 Å². The van der Waals surface area contributed by atoms with Crippen molar-refractivity contribution >= 4 is 12.0 Å². The van der Waals surface area contributed by atoms with Gasteiger partial charge in [-0.2, -0.15) is 0 Å². The van der Waals surface area contributed by atoms with Gasteiger partial charge in [0.2, 0.25) is 5.91 Å². The molecule has 0 bridgehead atoms.